The van der Waals surface area contributed by atoms with E-state index in [-0.39, 0.29) is 38.6 Å². The SMILES string of the molecule is CC/C=C\C/C=C\C/C=C\C/C=C\CCCCCCCCCCCCCCCCCCCCCCCCC(=O)OC(COC(=O)CCCCCCCCCCCCCCCCCCCCCCCCC/C=C\CCCCCCCCCC)COP(=O)(O)OCCN. The van der Waals surface area contributed by atoms with E-state index < -0.39 is 26.5 Å². The molecule has 2 atom stereocenters. The van der Waals surface area contributed by atoms with Crippen LogP contribution in [-0.4, -0.2) is 49.3 Å². The summed E-state index contributed by atoms with van der Waals surface area (Å²) in [5.74, 6) is -0.803. The van der Waals surface area contributed by atoms with E-state index in [2.05, 4.69) is 74.6 Å². The average molecular weight is 1300 g/mol. The minimum Gasteiger partial charge on any atom is -0.462 e. The van der Waals surface area contributed by atoms with Gasteiger partial charge in [-0.2, -0.15) is 0 Å². The number of esters is 2. The highest BCUT2D eigenvalue weighted by atomic mass is 31.2. The molecule has 0 heterocycles. The molecule has 3 N–H and O–H groups in total. The number of carbonyl (C=O) groups excluding carboxylic acids is 2. The maximum absolute atomic E-state index is 12.8. The fourth-order valence-corrected chi connectivity index (χ4v) is 12.8. The van der Waals surface area contributed by atoms with Gasteiger partial charge in [0.2, 0.25) is 0 Å². The predicted octanol–water partition coefficient (Wildman–Crippen LogP) is 26.5. The van der Waals surface area contributed by atoms with Crippen molar-refractivity contribution in [2.75, 3.05) is 26.4 Å². The van der Waals surface area contributed by atoms with Gasteiger partial charge in [-0.15, -0.1) is 0 Å². The zero-order valence-corrected chi connectivity index (χ0v) is 61.2. The number of ether oxygens (including phenoxy) is 2. The van der Waals surface area contributed by atoms with Gasteiger partial charge in [0.15, 0.2) is 6.10 Å². The van der Waals surface area contributed by atoms with E-state index >= 15 is 0 Å². The van der Waals surface area contributed by atoms with Crippen molar-refractivity contribution in [3.63, 3.8) is 0 Å². The van der Waals surface area contributed by atoms with Gasteiger partial charge in [0.05, 0.1) is 13.2 Å². The number of nitrogens with two attached hydrogens (primary N) is 1. The molecule has 2 unspecified atom stereocenters. The van der Waals surface area contributed by atoms with Gasteiger partial charge in [0, 0.05) is 19.4 Å². The lowest BCUT2D eigenvalue weighted by Crippen LogP contribution is -2.29. The molecule has 0 fully saturated rings. The summed E-state index contributed by atoms with van der Waals surface area (Å²) in [6.07, 6.45) is 101. The zero-order chi connectivity index (χ0) is 65.8. The molecule has 0 aliphatic heterocycles. The lowest BCUT2D eigenvalue weighted by atomic mass is 10.0. The van der Waals surface area contributed by atoms with E-state index in [1.807, 2.05) is 0 Å². The minimum atomic E-state index is -4.39. The average Bonchev–Trinajstić information content (AvgIpc) is 3.68. The van der Waals surface area contributed by atoms with Crippen LogP contribution in [0.5, 0.6) is 0 Å². The highest BCUT2D eigenvalue weighted by Gasteiger charge is 2.26. The van der Waals surface area contributed by atoms with Gasteiger partial charge in [0.25, 0.3) is 0 Å². The van der Waals surface area contributed by atoms with Crippen molar-refractivity contribution in [3.05, 3.63) is 60.8 Å². The van der Waals surface area contributed by atoms with Gasteiger partial charge in [-0.1, -0.05) is 383 Å². The van der Waals surface area contributed by atoms with Crippen LogP contribution in [0.1, 0.15) is 412 Å². The second-order valence-corrected chi connectivity index (χ2v) is 28.4. The molecular weight excluding hydrogens is 1150 g/mol. The number of hydrogen-bond acceptors (Lipinski definition) is 8. The molecule has 9 nitrogen and oxygen atoms in total. The molecule has 0 saturated heterocycles. The van der Waals surface area contributed by atoms with Gasteiger partial charge in [-0.3, -0.25) is 18.6 Å². The Morgan fingerprint density at radius 1 is 0.341 bits per heavy atom. The van der Waals surface area contributed by atoms with Crippen molar-refractivity contribution in [1.29, 1.82) is 0 Å². The molecule has 10 heteroatoms. The van der Waals surface area contributed by atoms with E-state index in [9.17, 15) is 19.0 Å². The molecule has 0 spiro atoms. The van der Waals surface area contributed by atoms with Gasteiger partial charge in [-0.05, 0) is 77.0 Å². The Hall–Kier alpha value is -2.29. The summed E-state index contributed by atoms with van der Waals surface area (Å²) in [5, 5.41) is 0. The van der Waals surface area contributed by atoms with Crippen LogP contribution in [0.2, 0.25) is 0 Å². The van der Waals surface area contributed by atoms with E-state index in [0.717, 1.165) is 57.8 Å². The quantitative estimate of drug-likeness (QED) is 0.0264. The molecule has 0 amide bonds. The maximum atomic E-state index is 12.8. The summed E-state index contributed by atoms with van der Waals surface area (Å²) in [6, 6.07) is 0. The number of phosphoric acid groups is 1. The molecule has 0 rings (SSSR count). The number of allylic oxidation sites excluding steroid dienone is 10. The third-order valence-electron chi connectivity index (χ3n) is 17.9. The lowest BCUT2D eigenvalue weighted by Gasteiger charge is -2.19. The van der Waals surface area contributed by atoms with Crippen molar-refractivity contribution in [2.24, 2.45) is 5.73 Å². The molecule has 0 aromatic carbocycles. The van der Waals surface area contributed by atoms with Gasteiger partial charge in [0.1, 0.15) is 6.61 Å². The van der Waals surface area contributed by atoms with Gasteiger partial charge < -0.3 is 20.1 Å². The second-order valence-electron chi connectivity index (χ2n) is 26.9. The molecule has 0 saturated carbocycles. The molecular formula is C81H152NO8P. The normalized spacial score (nSPS) is 13.1. The Bertz CT molecular complexity index is 1680. The third-order valence-corrected chi connectivity index (χ3v) is 18.9. The zero-order valence-electron chi connectivity index (χ0n) is 60.3. The summed E-state index contributed by atoms with van der Waals surface area (Å²) < 4.78 is 33.3. The molecule has 0 radical (unpaired) electrons. The summed E-state index contributed by atoms with van der Waals surface area (Å²) in [5.41, 5.74) is 5.42. The Kier molecular flexibility index (Phi) is 74.8. The minimum absolute atomic E-state index is 0.0556. The predicted molar refractivity (Wildman–Crippen MR) is 395 cm³/mol. The van der Waals surface area contributed by atoms with Crippen LogP contribution in [0.4, 0.5) is 0 Å². The molecule has 0 aromatic rings. The first-order valence-electron chi connectivity index (χ1n) is 39.8. The van der Waals surface area contributed by atoms with Crippen molar-refractivity contribution >= 4 is 19.8 Å². The van der Waals surface area contributed by atoms with Gasteiger partial charge in [-0.25, -0.2) is 4.57 Å². The van der Waals surface area contributed by atoms with Crippen LogP contribution < -0.4 is 5.73 Å². The van der Waals surface area contributed by atoms with Crippen LogP contribution in [0.15, 0.2) is 60.8 Å². The summed E-state index contributed by atoms with van der Waals surface area (Å²) >= 11 is 0. The van der Waals surface area contributed by atoms with E-state index in [1.54, 1.807) is 0 Å². The van der Waals surface area contributed by atoms with Crippen LogP contribution >= 0.6 is 7.82 Å². The van der Waals surface area contributed by atoms with Gasteiger partial charge >= 0.3 is 19.8 Å². The molecule has 534 valence electrons. The standard InChI is InChI=1S/C81H152NO8P/c1-3-5-7-9-11-13-15-17-19-21-23-25-27-29-31-33-35-37-39-41-43-45-47-49-51-53-55-57-59-61-63-65-67-69-71-73-80(83)87-77-79(78-89-91(85,86)88-76-75-82)90-81(84)74-72-70-68-66-64-62-60-58-56-54-52-50-48-46-44-42-40-38-36-34-32-30-28-26-24-22-20-18-16-14-12-10-8-6-4-2/h6,8,12,14,18,20-21,23-24,26,79H,3-5,7,9-11,13,15-17,19,22,25,27-78,82H2,1-2H3,(H,85,86)/b8-6-,14-12-,20-18-,23-21-,26-24-. The highest BCUT2D eigenvalue weighted by molar-refractivity contribution is 7.47. The molecule has 0 aliphatic carbocycles. The first kappa shape index (κ1) is 88.7. The van der Waals surface area contributed by atoms with Crippen LogP contribution in [-0.2, 0) is 32.7 Å². The third kappa shape index (κ3) is 76.6. The summed E-state index contributed by atoms with van der Waals surface area (Å²) in [6.45, 7) is 3.71. The fourth-order valence-electron chi connectivity index (χ4n) is 12.0. The van der Waals surface area contributed by atoms with E-state index in [0.29, 0.717) is 6.42 Å². The van der Waals surface area contributed by atoms with Crippen LogP contribution in [0, 0.1) is 0 Å². The Morgan fingerprint density at radius 2 is 0.604 bits per heavy atom. The second kappa shape index (κ2) is 76.7. The molecule has 91 heavy (non-hydrogen) atoms. The monoisotopic (exact) mass is 1300 g/mol. The first-order valence-corrected chi connectivity index (χ1v) is 41.3. The summed E-state index contributed by atoms with van der Waals surface area (Å²) in [7, 11) is -4.39. The van der Waals surface area contributed by atoms with Crippen molar-refractivity contribution < 1.29 is 37.6 Å². The number of unbranched alkanes of at least 4 members (excludes halogenated alkanes) is 53. The first-order chi connectivity index (χ1) is 44.8. The lowest BCUT2D eigenvalue weighted by molar-refractivity contribution is -0.161. The number of rotatable bonds is 76. The number of hydrogen-bond donors (Lipinski definition) is 2. The number of carbonyl (C=O) groups is 2. The van der Waals surface area contributed by atoms with Crippen molar-refractivity contribution in [2.45, 2.75) is 418 Å². The topological polar surface area (TPSA) is 134 Å². The largest absolute Gasteiger partial charge is 0.472 e. The summed E-state index contributed by atoms with van der Waals surface area (Å²) in [4.78, 5) is 35.5. The van der Waals surface area contributed by atoms with Crippen molar-refractivity contribution in [1.82, 2.24) is 0 Å². The molecule has 0 aromatic heterocycles. The van der Waals surface area contributed by atoms with E-state index in [1.165, 1.54) is 321 Å². The Morgan fingerprint density at radius 3 is 0.912 bits per heavy atom. The van der Waals surface area contributed by atoms with Crippen molar-refractivity contribution in [3.8, 4) is 0 Å². The number of phosphoric ester groups is 1. The van der Waals surface area contributed by atoms with Crippen LogP contribution in [0.25, 0.3) is 0 Å². The Balaban J connectivity index is 3.76. The smallest absolute Gasteiger partial charge is 0.462 e. The highest BCUT2D eigenvalue weighted by Crippen LogP contribution is 2.43. The molecule has 0 bridgehead atoms. The van der Waals surface area contributed by atoms with Crippen LogP contribution in [0.3, 0.4) is 0 Å². The van der Waals surface area contributed by atoms with E-state index in [4.69, 9.17) is 24.3 Å². The Labute approximate surface area is 565 Å². The molecule has 0 aliphatic rings. The fraction of sp³-hybridized carbons (Fsp3) is 0.852. The maximum Gasteiger partial charge on any atom is 0.472 e.